The molecular formula is C23H27N5O3S. The van der Waals surface area contributed by atoms with Crippen molar-refractivity contribution in [3.63, 3.8) is 0 Å². The van der Waals surface area contributed by atoms with Crippen molar-refractivity contribution in [2.24, 2.45) is 0 Å². The highest BCUT2D eigenvalue weighted by Gasteiger charge is 2.28. The minimum Gasteiger partial charge on any atom is -0.354 e. The SMILES string of the molecule is N#Cc1cccnc1N1CCCN(C(=O)CCc2ccc(S(=O)(=O)NC3CC3)cc2)CC1. The molecule has 1 amide bonds. The van der Waals surface area contributed by atoms with Gasteiger partial charge in [-0.05, 0) is 55.5 Å². The average Bonchev–Trinajstić information content (AvgIpc) is 3.64. The number of nitrogens with zero attached hydrogens (tertiary/aromatic N) is 4. The molecule has 9 heteroatoms. The van der Waals surface area contributed by atoms with Crippen LogP contribution >= 0.6 is 0 Å². The minimum absolute atomic E-state index is 0.0750. The van der Waals surface area contributed by atoms with Crippen molar-refractivity contribution < 1.29 is 13.2 Å². The number of nitrogens with one attached hydrogen (secondary N) is 1. The van der Waals surface area contributed by atoms with E-state index in [2.05, 4.69) is 20.7 Å². The van der Waals surface area contributed by atoms with Crippen LogP contribution in [0.3, 0.4) is 0 Å². The molecule has 168 valence electrons. The summed E-state index contributed by atoms with van der Waals surface area (Å²) in [6.07, 6.45) is 5.23. The summed E-state index contributed by atoms with van der Waals surface area (Å²) in [6.45, 7) is 2.65. The maximum atomic E-state index is 12.8. The molecule has 0 spiro atoms. The lowest BCUT2D eigenvalue weighted by Crippen LogP contribution is -2.35. The van der Waals surface area contributed by atoms with E-state index in [1.165, 1.54) is 0 Å². The number of amides is 1. The van der Waals surface area contributed by atoms with Crippen LogP contribution in [0.25, 0.3) is 0 Å². The summed E-state index contributed by atoms with van der Waals surface area (Å²) in [7, 11) is -3.45. The molecule has 0 bridgehead atoms. The lowest BCUT2D eigenvalue weighted by atomic mass is 10.1. The fourth-order valence-corrected chi connectivity index (χ4v) is 5.15. The van der Waals surface area contributed by atoms with E-state index in [4.69, 9.17) is 0 Å². The van der Waals surface area contributed by atoms with Gasteiger partial charge in [0.25, 0.3) is 0 Å². The van der Waals surface area contributed by atoms with Gasteiger partial charge in [-0.3, -0.25) is 4.79 Å². The molecule has 0 atom stereocenters. The molecule has 1 aromatic carbocycles. The quantitative estimate of drug-likeness (QED) is 0.688. The van der Waals surface area contributed by atoms with Gasteiger partial charge in [-0.15, -0.1) is 0 Å². The number of nitriles is 1. The maximum absolute atomic E-state index is 12.8. The van der Waals surface area contributed by atoms with Gasteiger partial charge >= 0.3 is 0 Å². The Hall–Kier alpha value is -2.96. The number of hydrogen-bond acceptors (Lipinski definition) is 6. The van der Waals surface area contributed by atoms with Crippen LogP contribution in [0.1, 0.15) is 36.8 Å². The third-order valence-corrected chi connectivity index (χ3v) is 7.35. The molecule has 1 saturated carbocycles. The van der Waals surface area contributed by atoms with Crippen molar-refractivity contribution in [2.45, 2.75) is 43.0 Å². The number of rotatable bonds is 7. The van der Waals surface area contributed by atoms with Crippen LogP contribution in [0.2, 0.25) is 0 Å². The van der Waals surface area contributed by atoms with Crippen LogP contribution in [0.15, 0.2) is 47.5 Å². The zero-order chi connectivity index (χ0) is 22.6. The van der Waals surface area contributed by atoms with Crippen LogP contribution in [0.4, 0.5) is 5.82 Å². The monoisotopic (exact) mass is 453 g/mol. The van der Waals surface area contributed by atoms with Crippen LogP contribution < -0.4 is 9.62 Å². The first-order chi connectivity index (χ1) is 15.5. The Bertz CT molecular complexity index is 1110. The lowest BCUT2D eigenvalue weighted by molar-refractivity contribution is -0.130. The smallest absolute Gasteiger partial charge is 0.240 e. The summed E-state index contributed by atoms with van der Waals surface area (Å²) in [5.41, 5.74) is 1.48. The van der Waals surface area contributed by atoms with E-state index in [1.807, 2.05) is 4.90 Å². The maximum Gasteiger partial charge on any atom is 0.240 e. The van der Waals surface area contributed by atoms with E-state index >= 15 is 0 Å². The third kappa shape index (κ3) is 5.44. The molecule has 1 aromatic heterocycles. The van der Waals surface area contributed by atoms with Gasteiger partial charge in [-0.1, -0.05) is 12.1 Å². The normalized spacial score (nSPS) is 17.0. The summed E-state index contributed by atoms with van der Waals surface area (Å²) >= 11 is 0. The zero-order valence-electron chi connectivity index (χ0n) is 17.9. The highest BCUT2D eigenvalue weighted by molar-refractivity contribution is 7.89. The molecule has 2 aliphatic rings. The van der Waals surface area contributed by atoms with Gasteiger partial charge in [0.2, 0.25) is 15.9 Å². The summed E-state index contributed by atoms with van der Waals surface area (Å²) in [4.78, 5) is 21.3. The van der Waals surface area contributed by atoms with E-state index in [-0.39, 0.29) is 16.8 Å². The van der Waals surface area contributed by atoms with Crippen molar-refractivity contribution in [1.29, 1.82) is 5.26 Å². The molecule has 1 saturated heterocycles. The molecule has 2 aromatic rings. The predicted molar refractivity (Wildman–Crippen MR) is 120 cm³/mol. The fourth-order valence-electron chi connectivity index (χ4n) is 3.85. The van der Waals surface area contributed by atoms with Crippen molar-refractivity contribution >= 4 is 21.7 Å². The number of carbonyl (C=O) groups is 1. The molecule has 32 heavy (non-hydrogen) atoms. The molecule has 8 nitrogen and oxygen atoms in total. The van der Waals surface area contributed by atoms with E-state index < -0.39 is 10.0 Å². The van der Waals surface area contributed by atoms with Crippen molar-refractivity contribution in [1.82, 2.24) is 14.6 Å². The van der Waals surface area contributed by atoms with Crippen molar-refractivity contribution in [2.75, 3.05) is 31.1 Å². The summed E-state index contributed by atoms with van der Waals surface area (Å²) in [6, 6.07) is 12.5. The molecule has 2 fully saturated rings. The molecule has 1 aliphatic heterocycles. The van der Waals surface area contributed by atoms with Gasteiger partial charge in [0.15, 0.2) is 0 Å². The first kappa shape index (κ1) is 22.2. The zero-order valence-corrected chi connectivity index (χ0v) is 18.7. The molecule has 4 rings (SSSR count). The predicted octanol–water partition coefficient (Wildman–Crippen LogP) is 2.07. The first-order valence-electron chi connectivity index (χ1n) is 11.0. The average molecular weight is 454 g/mol. The summed E-state index contributed by atoms with van der Waals surface area (Å²) in [5.74, 6) is 0.760. The van der Waals surface area contributed by atoms with Gasteiger partial charge < -0.3 is 9.80 Å². The second-order valence-corrected chi connectivity index (χ2v) is 9.96. The largest absolute Gasteiger partial charge is 0.354 e. The Morgan fingerprint density at radius 1 is 1.12 bits per heavy atom. The van der Waals surface area contributed by atoms with Gasteiger partial charge in [-0.2, -0.15) is 5.26 Å². The molecule has 1 N–H and O–H groups in total. The Morgan fingerprint density at radius 2 is 1.91 bits per heavy atom. The van der Waals surface area contributed by atoms with Crippen molar-refractivity contribution in [3.05, 3.63) is 53.7 Å². The number of benzene rings is 1. The molecule has 2 heterocycles. The number of carbonyl (C=O) groups excluding carboxylic acids is 1. The number of sulfonamides is 1. The molecule has 0 unspecified atom stereocenters. The number of anilines is 1. The Kier molecular flexibility index (Phi) is 6.72. The van der Waals surface area contributed by atoms with Gasteiger partial charge in [-0.25, -0.2) is 18.1 Å². The standard InChI is InChI=1S/C23H27N5O3S/c24-17-19-3-1-12-25-23(19)28-14-2-13-27(15-16-28)22(29)11-6-18-4-9-21(10-5-18)32(30,31)26-20-7-8-20/h1,3-5,9-10,12,20,26H,2,6-8,11,13-16H2. The van der Waals surface area contributed by atoms with Crippen LogP contribution in [0, 0.1) is 11.3 Å². The van der Waals surface area contributed by atoms with Crippen LogP contribution in [-0.4, -0.2) is 56.4 Å². The Labute approximate surface area is 188 Å². The van der Waals surface area contributed by atoms with E-state index in [0.29, 0.717) is 43.9 Å². The minimum atomic E-state index is -3.45. The van der Waals surface area contributed by atoms with E-state index in [1.54, 1.807) is 42.6 Å². The van der Waals surface area contributed by atoms with Gasteiger partial charge in [0.05, 0.1) is 10.5 Å². The van der Waals surface area contributed by atoms with E-state index in [0.717, 1.165) is 31.4 Å². The fraction of sp³-hybridized carbons (Fsp3) is 0.435. The molecule has 0 radical (unpaired) electrons. The van der Waals surface area contributed by atoms with Crippen molar-refractivity contribution in [3.8, 4) is 6.07 Å². The Morgan fingerprint density at radius 3 is 2.62 bits per heavy atom. The first-order valence-corrected chi connectivity index (χ1v) is 12.4. The third-order valence-electron chi connectivity index (χ3n) is 5.82. The Balaban J connectivity index is 1.30. The van der Waals surface area contributed by atoms with Crippen LogP contribution in [0.5, 0.6) is 0 Å². The van der Waals surface area contributed by atoms with E-state index in [9.17, 15) is 18.5 Å². The molecule has 1 aliphatic carbocycles. The van der Waals surface area contributed by atoms with Gasteiger partial charge in [0.1, 0.15) is 11.9 Å². The summed E-state index contributed by atoms with van der Waals surface area (Å²) < 4.78 is 27.2. The number of pyridine rings is 1. The number of hydrogen-bond donors (Lipinski definition) is 1. The van der Waals surface area contributed by atoms with Crippen LogP contribution in [-0.2, 0) is 21.2 Å². The number of aromatic nitrogens is 1. The molecular weight excluding hydrogens is 426 g/mol. The second kappa shape index (κ2) is 9.67. The second-order valence-electron chi connectivity index (χ2n) is 8.25. The lowest BCUT2D eigenvalue weighted by Gasteiger charge is -2.23. The number of aryl methyl sites for hydroxylation is 1. The summed E-state index contributed by atoms with van der Waals surface area (Å²) in [5, 5.41) is 9.32. The highest BCUT2D eigenvalue weighted by Crippen LogP contribution is 2.23. The van der Waals surface area contributed by atoms with Gasteiger partial charge in [0, 0.05) is 44.8 Å². The highest BCUT2D eigenvalue weighted by atomic mass is 32.2. The topological polar surface area (TPSA) is 106 Å².